The van der Waals surface area contributed by atoms with Crippen LogP contribution in [0.1, 0.15) is 22.3 Å². The minimum absolute atomic E-state index is 0.656. The number of nitrogens with zero attached hydrogens (tertiary/aromatic N) is 3. The first-order chi connectivity index (χ1) is 24.8. The summed E-state index contributed by atoms with van der Waals surface area (Å²) >= 11 is 0. The van der Waals surface area contributed by atoms with Crippen LogP contribution < -0.4 is 0 Å². The van der Waals surface area contributed by atoms with E-state index in [0.29, 0.717) is 17.5 Å². The number of hydrogen-bond acceptors (Lipinski definition) is 3. The first kappa shape index (κ1) is 28.6. The molecule has 0 saturated carbocycles. The molecule has 50 heavy (non-hydrogen) atoms. The van der Waals surface area contributed by atoms with E-state index in [1.807, 2.05) is 18.2 Å². The summed E-state index contributed by atoms with van der Waals surface area (Å²) in [5.41, 5.74) is 18.5. The summed E-state index contributed by atoms with van der Waals surface area (Å²) < 4.78 is 0. The monoisotopic (exact) mass is 637 g/mol. The molecule has 3 nitrogen and oxygen atoms in total. The summed E-state index contributed by atoms with van der Waals surface area (Å²) in [6, 6.07) is 58.3. The third kappa shape index (κ3) is 4.78. The average molecular weight is 638 g/mol. The van der Waals surface area contributed by atoms with Crippen molar-refractivity contribution in [2.24, 2.45) is 0 Å². The maximum absolute atomic E-state index is 5.16. The lowest BCUT2D eigenvalue weighted by Crippen LogP contribution is -2.00. The Labute approximate surface area is 291 Å². The first-order valence-electron chi connectivity index (χ1n) is 17.2. The van der Waals surface area contributed by atoms with Gasteiger partial charge in [0.1, 0.15) is 0 Å². The lowest BCUT2D eigenvalue weighted by molar-refractivity contribution is 1.07. The van der Waals surface area contributed by atoms with E-state index in [1.54, 1.807) is 0 Å². The predicted octanol–water partition coefficient (Wildman–Crippen LogP) is 11.3. The van der Waals surface area contributed by atoms with Gasteiger partial charge in [0.05, 0.1) is 0 Å². The topological polar surface area (TPSA) is 38.7 Å². The molecule has 0 saturated heterocycles. The lowest BCUT2D eigenvalue weighted by Gasteiger charge is -2.13. The Bertz CT molecular complexity index is 2440. The second kappa shape index (κ2) is 11.6. The van der Waals surface area contributed by atoms with Crippen LogP contribution in [0.5, 0.6) is 0 Å². The molecule has 10 rings (SSSR count). The van der Waals surface area contributed by atoms with Crippen molar-refractivity contribution < 1.29 is 0 Å². The molecule has 0 amide bonds. The number of benzene rings is 7. The summed E-state index contributed by atoms with van der Waals surface area (Å²) in [6.45, 7) is 0. The highest BCUT2D eigenvalue weighted by Gasteiger charge is 2.23. The van der Waals surface area contributed by atoms with Gasteiger partial charge in [0.2, 0.25) is 0 Å². The highest BCUT2D eigenvalue weighted by molar-refractivity contribution is 5.92. The third-order valence-corrected chi connectivity index (χ3v) is 10.2. The summed E-state index contributed by atoms with van der Waals surface area (Å²) in [5, 5.41) is 0. The van der Waals surface area contributed by atoms with Gasteiger partial charge in [0.25, 0.3) is 0 Å². The van der Waals surface area contributed by atoms with Crippen molar-refractivity contribution in [3.05, 3.63) is 186 Å². The van der Waals surface area contributed by atoms with Crippen LogP contribution in [0.15, 0.2) is 164 Å². The van der Waals surface area contributed by atoms with Crippen LogP contribution in [0.3, 0.4) is 0 Å². The van der Waals surface area contributed by atoms with E-state index >= 15 is 0 Å². The molecule has 0 radical (unpaired) electrons. The highest BCUT2D eigenvalue weighted by atomic mass is 15.0. The van der Waals surface area contributed by atoms with Crippen molar-refractivity contribution in [1.29, 1.82) is 0 Å². The molecule has 0 bridgehead atoms. The van der Waals surface area contributed by atoms with Crippen LogP contribution in [0, 0.1) is 0 Å². The van der Waals surface area contributed by atoms with Gasteiger partial charge in [0, 0.05) is 16.7 Å². The molecule has 1 heterocycles. The number of rotatable bonds is 5. The van der Waals surface area contributed by atoms with Gasteiger partial charge in [-0.05, 0) is 91.7 Å². The Kier molecular flexibility index (Phi) is 6.63. The highest BCUT2D eigenvalue weighted by Crippen LogP contribution is 2.45. The van der Waals surface area contributed by atoms with Crippen molar-refractivity contribution >= 4 is 0 Å². The van der Waals surface area contributed by atoms with E-state index < -0.39 is 0 Å². The van der Waals surface area contributed by atoms with Crippen LogP contribution in [-0.2, 0) is 12.8 Å². The molecular weight excluding hydrogens is 607 g/mol. The van der Waals surface area contributed by atoms with Gasteiger partial charge in [-0.3, -0.25) is 0 Å². The van der Waals surface area contributed by atoms with Crippen LogP contribution >= 0.6 is 0 Å². The third-order valence-electron chi connectivity index (χ3n) is 10.2. The predicted molar refractivity (Wildman–Crippen MR) is 203 cm³/mol. The molecule has 0 fully saturated rings. The zero-order chi connectivity index (χ0) is 33.0. The summed E-state index contributed by atoms with van der Waals surface area (Å²) in [6.07, 6.45) is 1.93. The van der Waals surface area contributed by atoms with E-state index in [4.69, 9.17) is 15.0 Å². The van der Waals surface area contributed by atoms with E-state index in [-0.39, 0.29) is 0 Å². The molecule has 0 unspecified atom stereocenters. The smallest absolute Gasteiger partial charge is 0.164 e. The van der Waals surface area contributed by atoms with E-state index in [0.717, 1.165) is 40.7 Å². The average Bonchev–Trinajstić information content (AvgIpc) is 3.77. The summed E-state index contributed by atoms with van der Waals surface area (Å²) in [5.74, 6) is 1.97. The van der Waals surface area contributed by atoms with Crippen molar-refractivity contribution in [2.75, 3.05) is 0 Å². The quantitative estimate of drug-likeness (QED) is 0.188. The number of hydrogen-bond donors (Lipinski definition) is 0. The fourth-order valence-electron chi connectivity index (χ4n) is 7.86. The Hall–Kier alpha value is -6.45. The number of aromatic nitrogens is 3. The number of fused-ring (bicyclic) bond motifs is 6. The van der Waals surface area contributed by atoms with Gasteiger partial charge in [-0.15, -0.1) is 0 Å². The largest absolute Gasteiger partial charge is 0.208 e. The van der Waals surface area contributed by atoms with Gasteiger partial charge >= 0.3 is 0 Å². The Balaban J connectivity index is 1.10. The Morgan fingerprint density at radius 2 is 0.640 bits per heavy atom. The summed E-state index contributed by atoms with van der Waals surface area (Å²) in [4.78, 5) is 15.3. The van der Waals surface area contributed by atoms with Crippen LogP contribution in [-0.4, -0.2) is 15.0 Å². The molecule has 8 aromatic rings. The molecule has 234 valence electrons. The molecule has 2 aliphatic carbocycles. The standard InChI is InChI=1S/C47H31N3/c1-2-12-30(13-3-1)45-48-46(37-20-8-16-33(28-37)41-24-10-18-35-26-31-14-4-6-22-39(31)43(35)41)50-47(49-45)38-21-9-17-34(29-38)42-25-11-19-36-27-32-15-5-7-23-40(32)44(36)42/h1-25,28-29H,26-27H2. The van der Waals surface area contributed by atoms with Gasteiger partial charge in [-0.25, -0.2) is 15.0 Å². The molecule has 0 spiro atoms. The normalized spacial score (nSPS) is 12.2. The van der Waals surface area contributed by atoms with Gasteiger partial charge in [0.15, 0.2) is 17.5 Å². The summed E-state index contributed by atoms with van der Waals surface area (Å²) in [7, 11) is 0. The van der Waals surface area contributed by atoms with Crippen molar-refractivity contribution in [1.82, 2.24) is 15.0 Å². The van der Waals surface area contributed by atoms with Gasteiger partial charge in [-0.1, -0.05) is 152 Å². The maximum atomic E-state index is 5.16. The minimum Gasteiger partial charge on any atom is -0.208 e. The second-order valence-electron chi connectivity index (χ2n) is 13.2. The van der Waals surface area contributed by atoms with Gasteiger partial charge < -0.3 is 0 Å². The molecule has 0 N–H and O–H groups in total. The molecule has 2 aliphatic rings. The fourth-order valence-corrected chi connectivity index (χ4v) is 7.86. The molecule has 1 aromatic heterocycles. The second-order valence-corrected chi connectivity index (χ2v) is 13.2. The minimum atomic E-state index is 0.656. The molecule has 0 atom stereocenters. The Morgan fingerprint density at radius 1 is 0.280 bits per heavy atom. The van der Waals surface area contributed by atoms with Crippen molar-refractivity contribution in [2.45, 2.75) is 12.8 Å². The zero-order valence-corrected chi connectivity index (χ0v) is 27.3. The van der Waals surface area contributed by atoms with Crippen molar-refractivity contribution in [3.63, 3.8) is 0 Å². The van der Waals surface area contributed by atoms with Crippen molar-refractivity contribution in [3.8, 4) is 78.7 Å². The van der Waals surface area contributed by atoms with Crippen LogP contribution in [0.2, 0.25) is 0 Å². The SMILES string of the molecule is c1ccc(-c2nc(-c3cccc(-c4cccc5c4-c4ccccc4C5)c3)nc(-c3cccc(-c4cccc5c4-c4ccccc4C5)c3)n2)cc1. The maximum Gasteiger partial charge on any atom is 0.164 e. The fraction of sp³-hybridized carbons (Fsp3) is 0.0426. The molecule has 0 aliphatic heterocycles. The van der Waals surface area contributed by atoms with E-state index in [2.05, 4.69) is 146 Å². The zero-order valence-electron chi connectivity index (χ0n) is 27.3. The lowest BCUT2D eigenvalue weighted by atomic mass is 9.93. The van der Waals surface area contributed by atoms with E-state index in [9.17, 15) is 0 Å². The first-order valence-corrected chi connectivity index (χ1v) is 17.2. The molecular formula is C47H31N3. The Morgan fingerprint density at radius 3 is 1.16 bits per heavy atom. The van der Waals surface area contributed by atoms with Crippen LogP contribution in [0.25, 0.3) is 78.7 Å². The van der Waals surface area contributed by atoms with Crippen LogP contribution in [0.4, 0.5) is 0 Å². The van der Waals surface area contributed by atoms with E-state index in [1.165, 1.54) is 55.6 Å². The molecule has 3 heteroatoms. The molecule has 7 aromatic carbocycles. The van der Waals surface area contributed by atoms with Gasteiger partial charge in [-0.2, -0.15) is 0 Å².